The van der Waals surface area contributed by atoms with Crippen LogP contribution in [0.25, 0.3) is 5.65 Å². The van der Waals surface area contributed by atoms with Crippen molar-refractivity contribution in [1.82, 2.24) is 14.4 Å². The van der Waals surface area contributed by atoms with Crippen LogP contribution >= 0.6 is 15.9 Å². The van der Waals surface area contributed by atoms with Crippen molar-refractivity contribution in [2.75, 3.05) is 0 Å². The van der Waals surface area contributed by atoms with Crippen molar-refractivity contribution < 1.29 is 9.66 Å². The minimum atomic E-state index is -0.480. The lowest BCUT2D eigenvalue weighted by Gasteiger charge is -2.06. The molecule has 100 valence electrons. The SMILES string of the molecule is O=[N+]([O-])c1cccc(Oc2nc(Br)cn3ccnc23)c1. The van der Waals surface area contributed by atoms with Gasteiger partial charge in [-0.05, 0) is 22.0 Å². The normalized spacial score (nSPS) is 10.7. The predicted molar refractivity (Wildman–Crippen MR) is 73.9 cm³/mol. The molecule has 8 heteroatoms. The van der Waals surface area contributed by atoms with Crippen molar-refractivity contribution in [3.8, 4) is 11.6 Å². The Bertz CT molecular complexity index is 802. The van der Waals surface area contributed by atoms with E-state index in [1.165, 1.54) is 12.1 Å². The Labute approximate surface area is 121 Å². The zero-order chi connectivity index (χ0) is 14.1. The molecule has 0 N–H and O–H groups in total. The molecule has 0 radical (unpaired) electrons. The average molecular weight is 335 g/mol. The molecule has 0 fully saturated rings. The summed E-state index contributed by atoms with van der Waals surface area (Å²) in [7, 11) is 0. The highest BCUT2D eigenvalue weighted by Gasteiger charge is 2.11. The number of rotatable bonds is 3. The molecule has 0 saturated carbocycles. The highest BCUT2D eigenvalue weighted by Crippen LogP contribution is 2.27. The first kappa shape index (κ1) is 12.5. The lowest BCUT2D eigenvalue weighted by molar-refractivity contribution is -0.384. The molecule has 1 aromatic carbocycles. The fourth-order valence-corrected chi connectivity index (χ4v) is 2.10. The number of aromatic nitrogens is 3. The summed E-state index contributed by atoms with van der Waals surface area (Å²) in [4.78, 5) is 18.6. The van der Waals surface area contributed by atoms with Crippen molar-refractivity contribution in [1.29, 1.82) is 0 Å². The van der Waals surface area contributed by atoms with Gasteiger partial charge in [-0.15, -0.1) is 0 Å². The van der Waals surface area contributed by atoms with Crippen LogP contribution in [0.2, 0.25) is 0 Å². The number of non-ortho nitro benzene ring substituents is 1. The topological polar surface area (TPSA) is 82.6 Å². The molecule has 2 aromatic heterocycles. The Morgan fingerprint density at radius 2 is 2.25 bits per heavy atom. The van der Waals surface area contributed by atoms with Gasteiger partial charge in [0.25, 0.3) is 11.6 Å². The van der Waals surface area contributed by atoms with Crippen LogP contribution in [0, 0.1) is 10.1 Å². The highest BCUT2D eigenvalue weighted by atomic mass is 79.9. The number of nitrogens with zero attached hydrogens (tertiary/aromatic N) is 4. The summed E-state index contributed by atoms with van der Waals surface area (Å²) in [6.45, 7) is 0. The van der Waals surface area contributed by atoms with E-state index < -0.39 is 4.92 Å². The third kappa shape index (κ3) is 2.32. The predicted octanol–water partition coefficient (Wildman–Crippen LogP) is 3.19. The Balaban J connectivity index is 2.02. The number of ether oxygens (including phenoxy) is 1. The Kier molecular flexibility index (Phi) is 3.07. The molecule has 0 amide bonds. The standard InChI is InChI=1S/C12H7BrN4O3/c13-10-7-16-5-4-14-11(16)12(15-10)20-9-3-1-2-8(6-9)17(18)19/h1-7H. The maximum atomic E-state index is 10.7. The number of nitro groups is 1. The molecule has 3 rings (SSSR count). The van der Waals surface area contributed by atoms with Gasteiger partial charge in [0.1, 0.15) is 10.4 Å². The number of imidazole rings is 1. The summed E-state index contributed by atoms with van der Waals surface area (Å²) in [5, 5.41) is 10.7. The van der Waals surface area contributed by atoms with Crippen LogP contribution < -0.4 is 4.74 Å². The molecule has 20 heavy (non-hydrogen) atoms. The molecular formula is C12H7BrN4O3. The number of hydrogen-bond acceptors (Lipinski definition) is 5. The van der Waals surface area contributed by atoms with Crippen LogP contribution in [0.5, 0.6) is 11.6 Å². The molecule has 7 nitrogen and oxygen atoms in total. The molecule has 0 unspecified atom stereocenters. The van der Waals surface area contributed by atoms with Crippen molar-refractivity contribution in [3.05, 3.63) is 57.6 Å². The summed E-state index contributed by atoms with van der Waals surface area (Å²) < 4.78 is 7.91. The fourth-order valence-electron chi connectivity index (χ4n) is 1.71. The first-order chi connectivity index (χ1) is 9.63. The van der Waals surface area contributed by atoms with E-state index in [0.29, 0.717) is 16.0 Å². The van der Waals surface area contributed by atoms with Crippen LogP contribution in [0.3, 0.4) is 0 Å². The monoisotopic (exact) mass is 334 g/mol. The number of hydrogen-bond donors (Lipinski definition) is 0. The minimum Gasteiger partial charge on any atom is -0.436 e. The van der Waals surface area contributed by atoms with E-state index in [2.05, 4.69) is 25.9 Å². The van der Waals surface area contributed by atoms with Gasteiger partial charge in [0.15, 0.2) is 0 Å². The van der Waals surface area contributed by atoms with Gasteiger partial charge in [0, 0.05) is 24.7 Å². The smallest absolute Gasteiger partial charge is 0.273 e. The summed E-state index contributed by atoms with van der Waals surface area (Å²) in [5.74, 6) is 0.597. The molecule has 0 bridgehead atoms. The van der Waals surface area contributed by atoms with Gasteiger partial charge in [0.2, 0.25) is 5.65 Å². The van der Waals surface area contributed by atoms with Crippen molar-refractivity contribution in [2.24, 2.45) is 0 Å². The van der Waals surface area contributed by atoms with Gasteiger partial charge < -0.3 is 4.74 Å². The van der Waals surface area contributed by atoms with E-state index in [4.69, 9.17) is 4.74 Å². The Hall–Kier alpha value is -2.48. The van der Waals surface area contributed by atoms with Crippen LogP contribution in [0.15, 0.2) is 47.5 Å². The van der Waals surface area contributed by atoms with E-state index in [1.807, 2.05) is 0 Å². The van der Waals surface area contributed by atoms with E-state index in [9.17, 15) is 10.1 Å². The molecule has 0 saturated heterocycles. The lowest BCUT2D eigenvalue weighted by Crippen LogP contribution is -1.95. The molecular weight excluding hydrogens is 328 g/mol. The quantitative estimate of drug-likeness (QED) is 0.542. The van der Waals surface area contributed by atoms with Crippen LogP contribution in [-0.2, 0) is 0 Å². The maximum Gasteiger partial charge on any atom is 0.273 e. The second kappa shape index (κ2) is 4.89. The number of benzene rings is 1. The first-order valence-corrected chi connectivity index (χ1v) is 6.34. The van der Waals surface area contributed by atoms with Crippen molar-refractivity contribution >= 4 is 27.3 Å². The van der Waals surface area contributed by atoms with E-state index in [1.54, 1.807) is 35.1 Å². The summed E-state index contributed by atoms with van der Waals surface area (Å²) in [6.07, 6.45) is 5.11. The van der Waals surface area contributed by atoms with Crippen molar-refractivity contribution in [2.45, 2.75) is 0 Å². The average Bonchev–Trinajstić information content (AvgIpc) is 2.87. The molecule has 0 aliphatic carbocycles. The second-order valence-corrected chi connectivity index (χ2v) is 4.70. The van der Waals surface area contributed by atoms with Gasteiger partial charge in [-0.3, -0.25) is 14.5 Å². The zero-order valence-electron chi connectivity index (χ0n) is 9.93. The van der Waals surface area contributed by atoms with Gasteiger partial charge in [-0.2, -0.15) is 0 Å². The van der Waals surface area contributed by atoms with E-state index in [-0.39, 0.29) is 11.6 Å². The van der Waals surface area contributed by atoms with Gasteiger partial charge in [-0.1, -0.05) is 6.07 Å². The second-order valence-electron chi connectivity index (χ2n) is 3.88. The maximum absolute atomic E-state index is 10.7. The fraction of sp³-hybridized carbons (Fsp3) is 0. The highest BCUT2D eigenvalue weighted by molar-refractivity contribution is 9.10. The van der Waals surface area contributed by atoms with E-state index >= 15 is 0 Å². The first-order valence-electron chi connectivity index (χ1n) is 5.55. The van der Waals surface area contributed by atoms with Gasteiger partial charge in [-0.25, -0.2) is 9.97 Å². The zero-order valence-corrected chi connectivity index (χ0v) is 11.5. The molecule has 0 aliphatic rings. The van der Waals surface area contributed by atoms with Crippen LogP contribution in [-0.4, -0.2) is 19.3 Å². The Morgan fingerprint density at radius 3 is 3.05 bits per heavy atom. The number of halogens is 1. The molecule has 2 heterocycles. The third-order valence-electron chi connectivity index (χ3n) is 2.56. The van der Waals surface area contributed by atoms with Gasteiger partial charge >= 0.3 is 0 Å². The number of nitro benzene ring substituents is 1. The van der Waals surface area contributed by atoms with E-state index in [0.717, 1.165) is 0 Å². The molecule has 0 aliphatic heterocycles. The molecule has 0 atom stereocenters. The Morgan fingerprint density at radius 1 is 1.40 bits per heavy atom. The number of fused-ring (bicyclic) bond motifs is 1. The summed E-state index contributed by atoms with van der Waals surface area (Å²) in [5.41, 5.74) is 0.483. The largest absolute Gasteiger partial charge is 0.436 e. The van der Waals surface area contributed by atoms with Crippen molar-refractivity contribution in [3.63, 3.8) is 0 Å². The molecule has 3 aromatic rings. The molecule has 0 spiro atoms. The van der Waals surface area contributed by atoms with Crippen LogP contribution in [0.4, 0.5) is 5.69 Å². The summed E-state index contributed by atoms with van der Waals surface area (Å²) in [6, 6.07) is 5.90. The third-order valence-corrected chi connectivity index (χ3v) is 2.94. The van der Waals surface area contributed by atoms with Crippen LogP contribution in [0.1, 0.15) is 0 Å². The van der Waals surface area contributed by atoms with Gasteiger partial charge in [0.05, 0.1) is 11.0 Å². The summed E-state index contributed by atoms with van der Waals surface area (Å²) >= 11 is 3.27. The minimum absolute atomic E-state index is 0.0446. The lowest BCUT2D eigenvalue weighted by atomic mass is 10.3.